The molecular weight excluding hydrogens is 234 g/mol. The molecule has 0 aromatic heterocycles. The van der Waals surface area contributed by atoms with Gasteiger partial charge in [-0.05, 0) is 32.4 Å². The van der Waals surface area contributed by atoms with Crippen molar-refractivity contribution in [2.45, 2.75) is 51.9 Å². The van der Waals surface area contributed by atoms with Crippen LogP contribution in [0.4, 0.5) is 0 Å². The first-order valence-corrected chi connectivity index (χ1v) is 8.89. The van der Waals surface area contributed by atoms with E-state index in [-0.39, 0.29) is 0 Å². The lowest BCUT2D eigenvalue weighted by atomic mass is 10.1. The number of likely N-dealkylation sites (tertiary alicyclic amines) is 1. The van der Waals surface area contributed by atoms with Crippen molar-refractivity contribution in [3.8, 4) is 0 Å². The monoisotopic (exact) mass is 261 g/mol. The van der Waals surface area contributed by atoms with Crippen LogP contribution < -0.4 is 0 Å². The van der Waals surface area contributed by atoms with E-state index in [2.05, 4.69) is 11.8 Å². The number of piperidine rings is 1. The third-order valence-corrected chi connectivity index (χ3v) is 5.19. The van der Waals surface area contributed by atoms with Crippen molar-refractivity contribution in [1.29, 1.82) is 0 Å². The van der Waals surface area contributed by atoms with Gasteiger partial charge in [0.1, 0.15) is 0 Å². The van der Waals surface area contributed by atoms with E-state index in [4.69, 9.17) is 0 Å². The van der Waals surface area contributed by atoms with E-state index in [0.29, 0.717) is 11.5 Å². The summed E-state index contributed by atoms with van der Waals surface area (Å²) in [7, 11) is -2.80. The average molecular weight is 261 g/mol. The molecule has 1 saturated heterocycles. The predicted octanol–water partition coefficient (Wildman–Crippen LogP) is 2.47. The summed E-state index contributed by atoms with van der Waals surface area (Å²) in [5.41, 5.74) is 0. The number of hydrogen-bond donors (Lipinski definition) is 0. The Labute approximate surface area is 106 Å². The minimum absolute atomic E-state index is 0.360. The van der Waals surface area contributed by atoms with Crippen LogP contribution in [0, 0.1) is 0 Å². The Kier molecular flexibility index (Phi) is 7.12. The fourth-order valence-corrected chi connectivity index (χ4v) is 3.69. The molecule has 0 saturated carbocycles. The predicted molar refractivity (Wildman–Crippen MR) is 73.1 cm³/mol. The lowest BCUT2D eigenvalue weighted by molar-refractivity contribution is 0.241. The van der Waals surface area contributed by atoms with Gasteiger partial charge in [0, 0.05) is 6.54 Å². The standard InChI is InChI=1S/C13H27NO2S/c1-2-3-4-8-12-17(15,16)13-11-14-9-6-5-7-10-14/h2-13H2,1H3. The fraction of sp³-hybridized carbons (Fsp3) is 1.00. The van der Waals surface area contributed by atoms with Crippen molar-refractivity contribution < 1.29 is 8.42 Å². The highest BCUT2D eigenvalue weighted by atomic mass is 32.2. The molecule has 4 heteroatoms. The van der Waals surface area contributed by atoms with E-state index in [0.717, 1.165) is 45.3 Å². The highest BCUT2D eigenvalue weighted by Crippen LogP contribution is 2.09. The molecule has 102 valence electrons. The zero-order chi connectivity index (χ0) is 12.6. The van der Waals surface area contributed by atoms with E-state index >= 15 is 0 Å². The summed E-state index contributed by atoms with van der Waals surface area (Å²) in [5.74, 6) is 0.750. The minimum Gasteiger partial charge on any atom is -0.302 e. The summed E-state index contributed by atoms with van der Waals surface area (Å²) >= 11 is 0. The van der Waals surface area contributed by atoms with Gasteiger partial charge in [-0.15, -0.1) is 0 Å². The topological polar surface area (TPSA) is 37.4 Å². The molecule has 0 N–H and O–H groups in total. The minimum atomic E-state index is -2.80. The van der Waals surface area contributed by atoms with Gasteiger partial charge >= 0.3 is 0 Å². The van der Waals surface area contributed by atoms with Crippen LogP contribution in [0.5, 0.6) is 0 Å². The van der Waals surface area contributed by atoms with Crippen LogP contribution in [-0.4, -0.2) is 44.5 Å². The van der Waals surface area contributed by atoms with Crippen molar-refractivity contribution in [2.75, 3.05) is 31.1 Å². The molecule has 0 atom stereocenters. The Morgan fingerprint density at radius 2 is 1.65 bits per heavy atom. The third-order valence-electron chi connectivity index (χ3n) is 3.48. The van der Waals surface area contributed by atoms with Crippen molar-refractivity contribution >= 4 is 9.84 Å². The number of rotatable bonds is 8. The zero-order valence-electron chi connectivity index (χ0n) is 11.2. The Morgan fingerprint density at radius 3 is 2.29 bits per heavy atom. The van der Waals surface area contributed by atoms with Crippen LogP contribution in [0.25, 0.3) is 0 Å². The van der Waals surface area contributed by atoms with Crippen LogP contribution in [0.1, 0.15) is 51.9 Å². The quantitative estimate of drug-likeness (QED) is 0.630. The molecule has 0 aliphatic carbocycles. The van der Waals surface area contributed by atoms with Crippen LogP contribution >= 0.6 is 0 Å². The number of hydrogen-bond acceptors (Lipinski definition) is 3. The maximum Gasteiger partial charge on any atom is 0.151 e. The number of unbranched alkanes of at least 4 members (excludes halogenated alkanes) is 3. The first kappa shape index (κ1) is 15.0. The molecule has 17 heavy (non-hydrogen) atoms. The Hall–Kier alpha value is -0.0900. The highest BCUT2D eigenvalue weighted by molar-refractivity contribution is 7.91. The number of sulfone groups is 1. The van der Waals surface area contributed by atoms with Crippen LogP contribution in [0.3, 0.4) is 0 Å². The molecule has 0 aromatic carbocycles. The smallest absolute Gasteiger partial charge is 0.151 e. The molecule has 1 rings (SSSR count). The van der Waals surface area contributed by atoms with Gasteiger partial charge in [0.15, 0.2) is 9.84 Å². The Morgan fingerprint density at radius 1 is 0.941 bits per heavy atom. The van der Waals surface area contributed by atoms with Gasteiger partial charge in [-0.3, -0.25) is 0 Å². The normalized spacial score (nSPS) is 18.4. The summed E-state index contributed by atoms with van der Waals surface area (Å²) in [5, 5.41) is 0. The molecule has 3 nitrogen and oxygen atoms in total. The summed E-state index contributed by atoms with van der Waals surface area (Å²) in [6, 6.07) is 0. The van der Waals surface area contributed by atoms with E-state index in [1.165, 1.54) is 19.3 Å². The summed E-state index contributed by atoms with van der Waals surface area (Å²) in [4.78, 5) is 2.30. The maximum absolute atomic E-state index is 11.8. The van der Waals surface area contributed by atoms with Crippen molar-refractivity contribution in [1.82, 2.24) is 4.90 Å². The molecule has 0 spiro atoms. The summed E-state index contributed by atoms with van der Waals surface area (Å²) in [6.07, 6.45) is 7.98. The van der Waals surface area contributed by atoms with E-state index in [9.17, 15) is 8.42 Å². The van der Waals surface area contributed by atoms with Crippen LogP contribution in [-0.2, 0) is 9.84 Å². The molecule has 1 heterocycles. The molecule has 1 aliphatic heterocycles. The van der Waals surface area contributed by atoms with Gasteiger partial charge in [0.05, 0.1) is 11.5 Å². The molecule has 0 bridgehead atoms. The number of nitrogens with zero attached hydrogens (tertiary/aromatic N) is 1. The fourth-order valence-electron chi connectivity index (χ4n) is 2.30. The van der Waals surface area contributed by atoms with Gasteiger partial charge in [-0.25, -0.2) is 8.42 Å². The maximum atomic E-state index is 11.8. The van der Waals surface area contributed by atoms with Gasteiger partial charge in [-0.2, -0.15) is 0 Å². The molecule has 0 radical (unpaired) electrons. The van der Waals surface area contributed by atoms with Gasteiger partial charge in [-0.1, -0.05) is 32.6 Å². The van der Waals surface area contributed by atoms with Crippen molar-refractivity contribution in [3.05, 3.63) is 0 Å². The highest BCUT2D eigenvalue weighted by Gasteiger charge is 2.15. The van der Waals surface area contributed by atoms with Crippen molar-refractivity contribution in [3.63, 3.8) is 0 Å². The molecule has 0 aromatic rings. The Balaban J connectivity index is 2.14. The van der Waals surface area contributed by atoms with Crippen LogP contribution in [0.2, 0.25) is 0 Å². The van der Waals surface area contributed by atoms with Gasteiger partial charge < -0.3 is 4.90 Å². The first-order valence-electron chi connectivity index (χ1n) is 7.07. The average Bonchev–Trinajstić information content (AvgIpc) is 2.34. The zero-order valence-corrected chi connectivity index (χ0v) is 12.0. The molecule has 0 unspecified atom stereocenters. The molecular formula is C13H27NO2S. The van der Waals surface area contributed by atoms with Crippen LogP contribution in [0.15, 0.2) is 0 Å². The largest absolute Gasteiger partial charge is 0.302 e. The second-order valence-electron chi connectivity index (χ2n) is 5.11. The second-order valence-corrected chi connectivity index (χ2v) is 7.42. The van der Waals surface area contributed by atoms with E-state index < -0.39 is 9.84 Å². The summed E-state index contributed by atoms with van der Waals surface area (Å²) in [6.45, 7) is 5.07. The first-order chi connectivity index (χ1) is 8.14. The Bertz CT molecular complexity index is 282. The van der Waals surface area contributed by atoms with Crippen molar-refractivity contribution in [2.24, 2.45) is 0 Å². The van der Waals surface area contributed by atoms with Gasteiger partial charge in [0.2, 0.25) is 0 Å². The molecule has 1 fully saturated rings. The van der Waals surface area contributed by atoms with Gasteiger partial charge in [0.25, 0.3) is 0 Å². The lowest BCUT2D eigenvalue weighted by Gasteiger charge is -2.26. The van der Waals surface area contributed by atoms with E-state index in [1.54, 1.807) is 0 Å². The molecule has 0 amide bonds. The second kappa shape index (κ2) is 8.09. The summed E-state index contributed by atoms with van der Waals surface area (Å²) < 4.78 is 23.6. The van der Waals surface area contributed by atoms with E-state index in [1.807, 2.05) is 0 Å². The lowest BCUT2D eigenvalue weighted by Crippen LogP contribution is -2.34. The SMILES string of the molecule is CCCCCCS(=O)(=O)CCN1CCCCC1. The molecule has 1 aliphatic rings. The third kappa shape index (κ3) is 7.04.